The molecule has 31 heavy (non-hydrogen) atoms. The summed E-state index contributed by atoms with van der Waals surface area (Å²) in [5.74, 6) is 0.981. The van der Waals surface area contributed by atoms with Crippen molar-refractivity contribution in [2.24, 2.45) is 0 Å². The molecule has 0 saturated carbocycles. The highest BCUT2D eigenvalue weighted by atomic mass is 14.4. The summed E-state index contributed by atoms with van der Waals surface area (Å²) >= 11 is 0. The fraction of sp³-hybridized carbons (Fsp3) is 0.161. The van der Waals surface area contributed by atoms with Gasteiger partial charge in [0.25, 0.3) is 0 Å². The van der Waals surface area contributed by atoms with Crippen LogP contribution >= 0.6 is 0 Å². The van der Waals surface area contributed by atoms with Gasteiger partial charge in [0.2, 0.25) is 0 Å². The van der Waals surface area contributed by atoms with E-state index in [1.165, 1.54) is 61.4 Å². The van der Waals surface area contributed by atoms with Crippen LogP contribution in [0, 0.1) is 0 Å². The lowest BCUT2D eigenvalue weighted by Crippen LogP contribution is -2.36. The molecule has 148 valence electrons. The minimum Gasteiger partial charge on any atom is -0.0763 e. The topological polar surface area (TPSA) is 0 Å². The van der Waals surface area contributed by atoms with Crippen LogP contribution in [0.25, 0.3) is 34.4 Å². The zero-order chi connectivity index (χ0) is 20.4. The van der Waals surface area contributed by atoms with E-state index in [0.29, 0.717) is 11.8 Å². The highest BCUT2D eigenvalue weighted by molar-refractivity contribution is 5.80. The van der Waals surface area contributed by atoms with Crippen LogP contribution in [-0.4, -0.2) is 0 Å². The number of hydrogen-bond acceptors (Lipinski definition) is 0. The maximum Gasteiger partial charge on any atom is 0.0171 e. The minimum absolute atomic E-state index is 0.453. The smallest absolute Gasteiger partial charge is 0.0171 e. The van der Waals surface area contributed by atoms with Gasteiger partial charge in [-0.05, 0) is 80.1 Å². The molecule has 4 aromatic rings. The number of fused-ring (bicyclic) bond motifs is 8. The normalized spacial score (nSPS) is 18.0. The van der Waals surface area contributed by atoms with E-state index in [9.17, 15) is 0 Å². The van der Waals surface area contributed by atoms with E-state index >= 15 is 0 Å². The summed E-state index contributed by atoms with van der Waals surface area (Å²) in [6.07, 6.45) is 8.38. The van der Waals surface area contributed by atoms with Crippen LogP contribution < -0.4 is 10.4 Å². The third kappa shape index (κ3) is 2.42. The van der Waals surface area contributed by atoms with Crippen molar-refractivity contribution in [3.05, 3.63) is 118 Å². The first kappa shape index (κ1) is 17.3. The molecule has 0 heteroatoms. The quantitative estimate of drug-likeness (QED) is 0.361. The SMILES string of the molecule is C1=c2c(ccc3c2=CCCC3C2c3ccccc3-c3ccccc32)-c2ccccc2C1. The molecule has 0 fully saturated rings. The molecule has 0 heterocycles. The van der Waals surface area contributed by atoms with Crippen LogP contribution in [0.3, 0.4) is 0 Å². The summed E-state index contributed by atoms with van der Waals surface area (Å²) in [5, 5.41) is 2.95. The van der Waals surface area contributed by atoms with Crippen molar-refractivity contribution < 1.29 is 0 Å². The lowest BCUT2D eigenvalue weighted by Gasteiger charge is -2.30. The first-order valence-electron chi connectivity index (χ1n) is 11.5. The first-order chi connectivity index (χ1) is 15.4. The van der Waals surface area contributed by atoms with Crippen LogP contribution in [0.2, 0.25) is 0 Å². The number of rotatable bonds is 1. The molecule has 0 nitrogen and oxygen atoms in total. The maximum absolute atomic E-state index is 2.50. The van der Waals surface area contributed by atoms with E-state index in [2.05, 4.69) is 97.1 Å². The van der Waals surface area contributed by atoms with Crippen molar-refractivity contribution in [3.63, 3.8) is 0 Å². The van der Waals surface area contributed by atoms with Gasteiger partial charge in [-0.25, -0.2) is 0 Å². The molecule has 3 aliphatic rings. The molecule has 3 aliphatic carbocycles. The molecule has 0 radical (unpaired) electrons. The zero-order valence-corrected chi connectivity index (χ0v) is 17.5. The Bertz CT molecular complexity index is 1420. The van der Waals surface area contributed by atoms with Gasteiger partial charge in [-0.2, -0.15) is 0 Å². The van der Waals surface area contributed by atoms with Crippen molar-refractivity contribution in [1.82, 2.24) is 0 Å². The summed E-state index contributed by atoms with van der Waals surface area (Å²) in [4.78, 5) is 0. The maximum atomic E-state index is 2.50. The molecule has 1 unspecified atom stereocenters. The Hall–Kier alpha value is -3.38. The average Bonchev–Trinajstić information content (AvgIpc) is 3.17. The molecule has 0 N–H and O–H groups in total. The molecule has 7 rings (SSSR count). The van der Waals surface area contributed by atoms with Gasteiger partial charge < -0.3 is 0 Å². The predicted octanol–water partition coefficient (Wildman–Crippen LogP) is 6.16. The van der Waals surface area contributed by atoms with E-state index in [0.717, 1.165) is 12.8 Å². The second-order valence-corrected chi connectivity index (χ2v) is 9.14. The highest BCUT2D eigenvalue weighted by Gasteiger charge is 2.36. The Kier molecular flexibility index (Phi) is 3.66. The zero-order valence-electron chi connectivity index (χ0n) is 17.5. The molecule has 0 saturated heterocycles. The van der Waals surface area contributed by atoms with E-state index in [-0.39, 0.29) is 0 Å². The number of benzene rings is 4. The van der Waals surface area contributed by atoms with Crippen LogP contribution in [0.1, 0.15) is 46.9 Å². The monoisotopic (exact) mass is 396 g/mol. The van der Waals surface area contributed by atoms with E-state index in [1.807, 2.05) is 0 Å². The molecule has 0 aliphatic heterocycles. The van der Waals surface area contributed by atoms with Gasteiger partial charge in [0.1, 0.15) is 0 Å². The molecule has 1 atom stereocenters. The largest absolute Gasteiger partial charge is 0.0763 e. The van der Waals surface area contributed by atoms with Gasteiger partial charge >= 0.3 is 0 Å². The van der Waals surface area contributed by atoms with Crippen LogP contribution in [0.5, 0.6) is 0 Å². The Morgan fingerprint density at radius 3 is 1.97 bits per heavy atom. The number of hydrogen-bond donors (Lipinski definition) is 0. The molecule has 0 bridgehead atoms. The second kappa shape index (κ2) is 6.56. The van der Waals surface area contributed by atoms with Gasteiger partial charge in [-0.3, -0.25) is 0 Å². The van der Waals surface area contributed by atoms with Gasteiger partial charge in [0.15, 0.2) is 0 Å². The van der Waals surface area contributed by atoms with E-state index in [1.54, 1.807) is 0 Å². The van der Waals surface area contributed by atoms with Crippen LogP contribution in [0.15, 0.2) is 84.9 Å². The van der Waals surface area contributed by atoms with Gasteiger partial charge in [-0.1, -0.05) is 97.1 Å². The van der Waals surface area contributed by atoms with Crippen molar-refractivity contribution in [1.29, 1.82) is 0 Å². The van der Waals surface area contributed by atoms with Crippen molar-refractivity contribution >= 4 is 12.2 Å². The Morgan fingerprint density at radius 1 is 0.516 bits per heavy atom. The minimum atomic E-state index is 0.453. The molecule has 0 spiro atoms. The van der Waals surface area contributed by atoms with Crippen molar-refractivity contribution in [3.8, 4) is 22.3 Å². The lowest BCUT2D eigenvalue weighted by molar-refractivity contribution is 0.564. The summed E-state index contributed by atoms with van der Waals surface area (Å²) in [6, 6.07) is 31.9. The molecule has 0 aromatic heterocycles. The lowest BCUT2D eigenvalue weighted by atomic mass is 9.73. The third-order valence-corrected chi connectivity index (χ3v) is 7.66. The second-order valence-electron chi connectivity index (χ2n) is 9.14. The predicted molar refractivity (Wildman–Crippen MR) is 129 cm³/mol. The Labute approximate surface area is 183 Å². The van der Waals surface area contributed by atoms with E-state index in [4.69, 9.17) is 0 Å². The van der Waals surface area contributed by atoms with Gasteiger partial charge in [0, 0.05) is 5.92 Å². The standard InChI is InChI=1S/C31H24/c1-2-9-21-20(8-1)16-17-26-22-14-7-15-30(27(22)19-18-25(21)26)31-28-12-5-3-10-23(28)24-11-4-6-13-29(24)31/h1-6,8-14,17-19,30-31H,7,15-16H2. The van der Waals surface area contributed by atoms with E-state index < -0.39 is 0 Å². The van der Waals surface area contributed by atoms with Crippen molar-refractivity contribution in [2.45, 2.75) is 31.1 Å². The fourth-order valence-corrected chi connectivity index (χ4v) is 6.37. The first-order valence-corrected chi connectivity index (χ1v) is 11.5. The summed E-state index contributed by atoms with van der Waals surface area (Å²) < 4.78 is 0. The van der Waals surface area contributed by atoms with Crippen LogP contribution in [-0.2, 0) is 6.42 Å². The van der Waals surface area contributed by atoms with Crippen molar-refractivity contribution in [2.75, 3.05) is 0 Å². The Balaban J connectivity index is 1.44. The highest BCUT2D eigenvalue weighted by Crippen LogP contribution is 2.52. The molecular weight excluding hydrogens is 372 g/mol. The Morgan fingerprint density at radius 2 is 1.19 bits per heavy atom. The summed E-state index contributed by atoms with van der Waals surface area (Å²) in [5.41, 5.74) is 11.7. The molecule has 4 aromatic carbocycles. The average molecular weight is 397 g/mol. The van der Waals surface area contributed by atoms with Gasteiger partial charge in [-0.15, -0.1) is 0 Å². The van der Waals surface area contributed by atoms with Crippen LogP contribution in [0.4, 0.5) is 0 Å². The molecular formula is C31H24. The summed E-state index contributed by atoms with van der Waals surface area (Å²) in [7, 11) is 0. The fourth-order valence-electron chi connectivity index (χ4n) is 6.37. The van der Waals surface area contributed by atoms with Gasteiger partial charge in [0.05, 0.1) is 0 Å². The third-order valence-electron chi connectivity index (χ3n) is 7.66. The molecule has 0 amide bonds. The summed E-state index contributed by atoms with van der Waals surface area (Å²) in [6.45, 7) is 0.